The molecule has 4 nitrogen and oxygen atoms in total. The predicted molar refractivity (Wildman–Crippen MR) is 140 cm³/mol. The largest absolute Gasteiger partial charge is 0.496 e. The lowest BCUT2D eigenvalue weighted by Crippen LogP contribution is -2.10. The highest BCUT2D eigenvalue weighted by molar-refractivity contribution is 7.98. The molecule has 4 rings (SSSR count). The van der Waals surface area contributed by atoms with E-state index in [1.807, 2.05) is 11.4 Å². The second kappa shape index (κ2) is 11.5. The Kier molecular flexibility index (Phi) is 8.11. The van der Waals surface area contributed by atoms with Gasteiger partial charge >= 0.3 is 6.18 Å². The Hall–Kier alpha value is -3.87. The summed E-state index contributed by atoms with van der Waals surface area (Å²) in [7, 11) is 1.50. The van der Waals surface area contributed by atoms with E-state index < -0.39 is 11.9 Å². The number of alkyl halides is 3. The Morgan fingerprint density at radius 1 is 1.14 bits per heavy atom. The minimum absolute atomic E-state index is 0.0213. The fourth-order valence-electron chi connectivity index (χ4n) is 3.56. The summed E-state index contributed by atoms with van der Waals surface area (Å²) < 4.78 is 46.5. The van der Waals surface area contributed by atoms with Crippen LogP contribution in [-0.4, -0.2) is 17.9 Å². The average Bonchev–Trinajstić information content (AvgIpc) is 3.45. The number of carbonyl (C=O) groups excluding carboxylic acids is 1. The van der Waals surface area contributed by atoms with Crippen LogP contribution in [0.25, 0.3) is 17.2 Å². The van der Waals surface area contributed by atoms with Crippen molar-refractivity contribution in [3.05, 3.63) is 105 Å². The van der Waals surface area contributed by atoms with Crippen LogP contribution < -0.4 is 4.74 Å². The predicted octanol–water partition coefficient (Wildman–Crippen LogP) is 7.90. The summed E-state index contributed by atoms with van der Waals surface area (Å²) in [6, 6.07) is 20.2. The Labute approximate surface area is 220 Å². The molecule has 9 heteroatoms. The van der Waals surface area contributed by atoms with E-state index in [4.69, 9.17) is 4.74 Å². The number of ether oxygens (including phenoxy) is 1. The molecule has 0 radical (unpaired) electrons. The summed E-state index contributed by atoms with van der Waals surface area (Å²) in [5.41, 5.74) is 1.08. The van der Waals surface area contributed by atoms with Crippen LogP contribution in [0.4, 0.5) is 13.2 Å². The number of pyridine rings is 1. The monoisotopic (exact) mass is 536 g/mol. The van der Waals surface area contributed by atoms with Gasteiger partial charge in [-0.25, -0.2) is 4.98 Å². The fraction of sp³-hybridized carbons (Fsp3) is 0.107. The van der Waals surface area contributed by atoms with E-state index in [1.165, 1.54) is 24.5 Å². The quantitative estimate of drug-likeness (QED) is 0.130. The lowest BCUT2D eigenvalue weighted by Gasteiger charge is -2.15. The molecule has 2 aromatic heterocycles. The highest BCUT2D eigenvalue weighted by atomic mass is 32.2. The number of ketones is 1. The molecular weight excluding hydrogens is 517 g/mol. The van der Waals surface area contributed by atoms with Gasteiger partial charge in [0.05, 0.1) is 17.6 Å². The third-order valence-electron chi connectivity index (χ3n) is 5.33. The third kappa shape index (κ3) is 6.28. The van der Waals surface area contributed by atoms with Gasteiger partial charge in [-0.3, -0.25) is 4.79 Å². The lowest BCUT2D eigenvalue weighted by atomic mass is 10.0. The van der Waals surface area contributed by atoms with Crippen LogP contribution >= 0.6 is 23.1 Å². The number of thioether (sulfide) groups is 1. The standard InChI is InChI=1S/C28H19F3N2O2S2/c1-35-24-12-10-18(9-11-23(34)25-8-5-13-36-25)14-20(24)17-37-27-22(16-32)21(19-6-3-2-4-7-19)15-26(33-27)28(29,30)31/h2-15H,17H2,1H3/b11-9+. The van der Waals surface area contributed by atoms with Crippen LogP contribution in [0.3, 0.4) is 0 Å². The van der Waals surface area contributed by atoms with E-state index in [0.29, 0.717) is 21.8 Å². The maximum absolute atomic E-state index is 13.7. The lowest BCUT2D eigenvalue weighted by molar-refractivity contribution is -0.141. The number of carbonyl (C=O) groups is 1. The Morgan fingerprint density at radius 2 is 1.92 bits per heavy atom. The van der Waals surface area contributed by atoms with Gasteiger partial charge in [-0.1, -0.05) is 48.5 Å². The van der Waals surface area contributed by atoms with E-state index in [9.17, 15) is 23.2 Å². The third-order valence-corrected chi connectivity index (χ3v) is 7.24. The SMILES string of the molecule is COc1ccc(/C=C/C(=O)c2cccs2)cc1CSc1nc(C(F)(F)F)cc(-c2ccccc2)c1C#N. The molecule has 0 N–H and O–H groups in total. The van der Waals surface area contributed by atoms with Gasteiger partial charge < -0.3 is 4.74 Å². The number of nitriles is 1. The molecule has 186 valence electrons. The maximum Gasteiger partial charge on any atom is 0.433 e. The molecule has 2 aromatic carbocycles. The summed E-state index contributed by atoms with van der Waals surface area (Å²) >= 11 is 2.37. The maximum atomic E-state index is 13.7. The summed E-state index contributed by atoms with van der Waals surface area (Å²) in [5.74, 6) is 0.603. The van der Waals surface area contributed by atoms with Crippen molar-refractivity contribution in [3.63, 3.8) is 0 Å². The number of thiophene rings is 1. The van der Waals surface area contributed by atoms with Gasteiger partial charge in [-0.15, -0.1) is 23.1 Å². The molecule has 37 heavy (non-hydrogen) atoms. The molecule has 0 amide bonds. The van der Waals surface area contributed by atoms with Gasteiger partial charge in [0, 0.05) is 16.9 Å². The molecule has 4 aromatic rings. The van der Waals surface area contributed by atoms with E-state index in [0.717, 1.165) is 23.4 Å². The minimum Gasteiger partial charge on any atom is -0.496 e. The van der Waals surface area contributed by atoms with Gasteiger partial charge in [-0.2, -0.15) is 18.4 Å². The number of hydrogen-bond acceptors (Lipinski definition) is 6. The summed E-state index contributed by atoms with van der Waals surface area (Å²) in [5, 5.41) is 11.6. The van der Waals surface area contributed by atoms with Gasteiger partial charge in [0.15, 0.2) is 5.78 Å². The van der Waals surface area contributed by atoms with Gasteiger partial charge in [0.2, 0.25) is 0 Å². The minimum atomic E-state index is -4.68. The van der Waals surface area contributed by atoms with Crippen LogP contribution in [0.15, 0.2) is 83.2 Å². The Bertz CT molecular complexity index is 1480. The van der Waals surface area contributed by atoms with Crippen LogP contribution in [0.5, 0.6) is 5.75 Å². The average molecular weight is 537 g/mol. The molecule has 0 saturated carbocycles. The summed E-state index contributed by atoms with van der Waals surface area (Å²) in [6.45, 7) is 0. The first kappa shape index (κ1) is 26.2. The number of benzene rings is 2. The first-order valence-electron chi connectivity index (χ1n) is 10.9. The van der Waals surface area contributed by atoms with Gasteiger partial charge in [0.25, 0.3) is 0 Å². The van der Waals surface area contributed by atoms with Gasteiger partial charge in [-0.05, 0) is 46.8 Å². The summed E-state index contributed by atoms with van der Waals surface area (Å²) in [6.07, 6.45) is -1.53. The number of nitrogens with zero attached hydrogens (tertiary/aromatic N) is 2. The first-order valence-corrected chi connectivity index (χ1v) is 12.8. The zero-order valence-corrected chi connectivity index (χ0v) is 21.1. The van der Waals surface area contributed by atoms with Crippen molar-refractivity contribution in [2.45, 2.75) is 17.0 Å². The Morgan fingerprint density at radius 3 is 2.57 bits per heavy atom. The van der Waals surface area contributed by atoms with Crippen molar-refractivity contribution < 1.29 is 22.7 Å². The first-order chi connectivity index (χ1) is 17.8. The molecule has 0 saturated heterocycles. The van der Waals surface area contributed by atoms with E-state index in [1.54, 1.807) is 66.7 Å². The van der Waals surface area contributed by atoms with E-state index in [2.05, 4.69) is 4.98 Å². The van der Waals surface area contributed by atoms with Crippen molar-refractivity contribution in [2.24, 2.45) is 0 Å². The molecule has 0 spiro atoms. The number of methoxy groups -OCH3 is 1. The smallest absolute Gasteiger partial charge is 0.433 e. The van der Waals surface area contributed by atoms with Crippen molar-refractivity contribution in [3.8, 4) is 22.9 Å². The Balaban J connectivity index is 1.67. The number of allylic oxidation sites excluding steroid dienone is 1. The molecule has 0 fully saturated rings. The number of halogens is 3. The van der Waals surface area contributed by atoms with Crippen LogP contribution in [0, 0.1) is 11.3 Å². The van der Waals surface area contributed by atoms with Crippen molar-refractivity contribution in [1.82, 2.24) is 4.98 Å². The van der Waals surface area contributed by atoms with Crippen molar-refractivity contribution >= 4 is 35.0 Å². The van der Waals surface area contributed by atoms with Gasteiger partial charge in [0.1, 0.15) is 22.5 Å². The molecule has 0 aliphatic carbocycles. The number of rotatable bonds is 8. The second-order valence-corrected chi connectivity index (χ2v) is 9.66. The molecular formula is C28H19F3N2O2S2. The van der Waals surface area contributed by atoms with E-state index >= 15 is 0 Å². The molecule has 0 atom stereocenters. The highest BCUT2D eigenvalue weighted by Gasteiger charge is 2.34. The molecule has 0 aliphatic rings. The normalized spacial score (nSPS) is 11.4. The zero-order valence-electron chi connectivity index (χ0n) is 19.5. The fourth-order valence-corrected chi connectivity index (χ4v) is 5.18. The van der Waals surface area contributed by atoms with Crippen LogP contribution in [0.2, 0.25) is 0 Å². The second-order valence-electron chi connectivity index (χ2n) is 7.75. The number of aromatic nitrogens is 1. The topological polar surface area (TPSA) is 63.0 Å². The van der Waals surface area contributed by atoms with Crippen LogP contribution in [-0.2, 0) is 11.9 Å². The molecule has 2 heterocycles. The van der Waals surface area contributed by atoms with Crippen molar-refractivity contribution in [2.75, 3.05) is 7.11 Å². The van der Waals surface area contributed by atoms with Crippen molar-refractivity contribution in [1.29, 1.82) is 5.26 Å². The molecule has 0 unspecified atom stereocenters. The number of hydrogen-bond donors (Lipinski definition) is 0. The zero-order chi connectivity index (χ0) is 26.4. The van der Waals surface area contributed by atoms with E-state index in [-0.39, 0.29) is 27.7 Å². The van der Waals surface area contributed by atoms with Crippen LogP contribution in [0.1, 0.15) is 32.1 Å². The highest BCUT2D eigenvalue weighted by Crippen LogP contribution is 2.38. The summed E-state index contributed by atoms with van der Waals surface area (Å²) in [4.78, 5) is 16.7. The molecule has 0 bridgehead atoms. The molecule has 0 aliphatic heterocycles.